The molecule has 2 rings (SSSR count). The topological polar surface area (TPSA) is 43.4 Å². The van der Waals surface area contributed by atoms with Crippen LogP contribution < -0.4 is 4.18 Å². The summed E-state index contributed by atoms with van der Waals surface area (Å²) in [6.45, 7) is 3.57. The molecule has 0 bridgehead atoms. The van der Waals surface area contributed by atoms with E-state index in [1.165, 1.54) is 0 Å². The molecule has 0 N–H and O–H groups in total. The van der Waals surface area contributed by atoms with Gasteiger partial charge in [-0.1, -0.05) is 23.7 Å². The fourth-order valence-corrected chi connectivity index (χ4v) is 2.85. The number of aryl methyl sites for hydroxylation is 2. The van der Waals surface area contributed by atoms with Crippen LogP contribution in [0.1, 0.15) is 11.1 Å². The molecule has 0 aromatic heterocycles. The molecule has 2 aromatic carbocycles. The van der Waals surface area contributed by atoms with Crippen molar-refractivity contribution in [1.82, 2.24) is 0 Å². The lowest BCUT2D eigenvalue weighted by Gasteiger charge is -2.10. The SMILES string of the molecule is Cc1ccc(C)c(OS(=O)(=O)c2ccc(F)c(Cl)c2)c1. The van der Waals surface area contributed by atoms with E-state index in [-0.39, 0.29) is 15.7 Å². The van der Waals surface area contributed by atoms with E-state index >= 15 is 0 Å². The van der Waals surface area contributed by atoms with Gasteiger partial charge in [-0.25, -0.2) is 4.39 Å². The van der Waals surface area contributed by atoms with Gasteiger partial charge in [0.05, 0.1) is 5.02 Å². The first-order valence-electron chi connectivity index (χ1n) is 5.76. The van der Waals surface area contributed by atoms with Gasteiger partial charge in [-0.05, 0) is 49.2 Å². The van der Waals surface area contributed by atoms with Crippen LogP contribution in [0.2, 0.25) is 5.02 Å². The van der Waals surface area contributed by atoms with Crippen molar-refractivity contribution in [2.24, 2.45) is 0 Å². The molecule has 6 heteroatoms. The van der Waals surface area contributed by atoms with Crippen molar-refractivity contribution in [3.8, 4) is 5.75 Å². The Morgan fingerprint density at radius 3 is 2.45 bits per heavy atom. The summed E-state index contributed by atoms with van der Waals surface area (Å²) < 4.78 is 42.4. The molecule has 3 nitrogen and oxygen atoms in total. The zero-order valence-electron chi connectivity index (χ0n) is 10.9. The standard InChI is InChI=1S/C14H12ClFO3S/c1-9-3-4-10(2)14(7-9)19-20(17,18)11-5-6-13(16)12(15)8-11/h3-8H,1-2H3. The third-order valence-corrected chi connectivity index (χ3v) is 4.24. The molecule has 0 aliphatic rings. The summed E-state index contributed by atoms with van der Waals surface area (Å²) in [6, 6.07) is 8.36. The summed E-state index contributed by atoms with van der Waals surface area (Å²) in [5.41, 5.74) is 1.56. The highest BCUT2D eigenvalue weighted by Gasteiger charge is 2.19. The van der Waals surface area contributed by atoms with Crippen LogP contribution in [0.25, 0.3) is 0 Å². The molecule has 0 unspecified atom stereocenters. The summed E-state index contributed by atoms with van der Waals surface area (Å²) in [5.74, 6) is -0.442. The number of halogens is 2. The minimum atomic E-state index is -4.04. The lowest BCUT2D eigenvalue weighted by Crippen LogP contribution is -2.10. The Bertz CT molecular complexity index is 757. The molecule has 0 aliphatic carbocycles. The van der Waals surface area contributed by atoms with Gasteiger partial charge in [0.1, 0.15) is 16.5 Å². The Hall–Kier alpha value is -1.59. The van der Waals surface area contributed by atoms with E-state index in [4.69, 9.17) is 15.8 Å². The largest absolute Gasteiger partial charge is 0.379 e. The van der Waals surface area contributed by atoms with Crippen molar-refractivity contribution in [2.45, 2.75) is 18.7 Å². The lowest BCUT2D eigenvalue weighted by molar-refractivity contribution is 0.483. The molecular formula is C14H12ClFO3S. The Kier molecular flexibility index (Phi) is 4.01. The molecule has 0 spiro atoms. The Morgan fingerprint density at radius 2 is 1.80 bits per heavy atom. The molecule has 0 atom stereocenters. The summed E-state index contributed by atoms with van der Waals surface area (Å²) in [6.07, 6.45) is 0. The maximum Gasteiger partial charge on any atom is 0.339 e. The molecule has 0 heterocycles. The first kappa shape index (κ1) is 14.8. The van der Waals surface area contributed by atoms with E-state index in [1.54, 1.807) is 19.1 Å². The fraction of sp³-hybridized carbons (Fsp3) is 0.143. The normalized spacial score (nSPS) is 11.4. The number of benzene rings is 2. The van der Waals surface area contributed by atoms with Crippen LogP contribution in [0.5, 0.6) is 5.75 Å². The molecule has 0 aliphatic heterocycles. The first-order chi connectivity index (χ1) is 9.29. The van der Waals surface area contributed by atoms with Crippen LogP contribution in [-0.4, -0.2) is 8.42 Å². The van der Waals surface area contributed by atoms with Gasteiger partial charge in [-0.2, -0.15) is 8.42 Å². The smallest absolute Gasteiger partial charge is 0.339 e. The number of hydrogen-bond acceptors (Lipinski definition) is 3. The highest BCUT2D eigenvalue weighted by molar-refractivity contribution is 7.87. The molecule has 20 heavy (non-hydrogen) atoms. The van der Waals surface area contributed by atoms with E-state index in [2.05, 4.69) is 0 Å². The quantitative estimate of drug-likeness (QED) is 0.808. The van der Waals surface area contributed by atoms with Gasteiger partial charge in [0.25, 0.3) is 0 Å². The summed E-state index contributed by atoms with van der Waals surface area (Å²) >= 11 is 5.58. The van der Waals surface area contributed by atoms with Gasteiger partial charge in [-0.3, -0.25) is 0 Å². The van der Waals surface area contributed by atoms with Crippen molar-refractivity contribution in [3.63, 3.8) is 0 Å². The van der Waals surface area contributed by atoms with Crippen molar-refractivity contribution in [1.29, 1.82) is 0 Å². The molecule has 0 radical (unpaired) electrons. The summed E-state index contributed by atoms with van der Waals surface area (Å²) in [7, 11) is -4.04. The van der Waals surface area contributed by atoms with Gasteiger partial charge < -0.3 is 4.18 Å². The van der Waals surface area contributed by atoms with E-state index < -0.39 is 15.9 Å². The van der Waals surface area contributed by atoms with Crippen molar-refractivity contribution < 1.29 is 17.0 Å². The van der Waals surface area contributed by atoms with Crippen LogP contribution in [-0.2, 0) is 10.1 Å². The monoisotopic (exact) mass is 314 g/mol. The molecule has 0 saturated heterocycles. The van der Waals surface area contributed by atoms with E-state index in [0.717, 1.165) is 23.8 Å². The molecule has 0 amide bonds. The molecule has 2 aromatic rings. The number of hydrogen-bond donors (Lipinski definition) is 0. The second kappa shape index (κ2) is 5.42. The van der Waals surface area contributed by atoms with Crippen LogP contribution in [0.3, 0.4) is 0 Å². The van der Waals surface area contributed by atoms with Crippen LogP contribution in [0.4, 0.5) is 4.39 Å². The van der Waals surface area contributed by atoms with E-state index in [0.29, 0.717) is 5.56 Å². The first-order valence-corrected chi connectivity index (χ1v) is 7.55. The second-order valence-corrected chi connectivity index (χ2v) is 6.34. The van der Waals surface area contributed by atoms with Gasteiger partial charge in [-0.15, -0.1) is 0 Å². The average molecular weight is 315 g/mol. The number of rotatable bonds is 3. The van der Waals surface area contributed by atoms with Crippen LogP contribution >= 0.6 is 11.6 Å². The molecular weight excluding hydrogens is 303 g/mol. The molecule has 106 valence electrons. The molecule has 0 fully saturated rings. The Morgan fingerprint density at radius 1 is 1.10 bits per heavy atom. The predicted octanol–water partition coefficient (Wildman–Crippen LogP) is 3.86. The minimum Gasteiger partial charge on any atom is -0.379 e. The fourth-order valence-electron chi connectivity index (χ4n) is 1.60. The van der Waals surface area contributed by atoms with Gasteiger partial charge in [0.15, 0.2) is 0 Å². The van der Waals surface area contributed by atoms with Crippen LogP contribution in [0, 0.1) is 19.7 Å². The minimum absolute atomic E-state index is 0.190. The second-order valence-electron chi connectivity index (χ2n) is 4.38. The highest BCUT2D eigenvalue weighted by atomic mass is 35.5. The summed E-state index contributed by atoms with van der Waals surface area (Å²) in [5, 5.41) is -0.268. The van der Waals surface area contributed by atoms with Crippen molar-refractivity contribution in [2.75, 3.05) is 0 Å². The summed E-state index contributed by atoms with van der Waals surface area (Å²) in [4.78, 5) is -0.190. The predicted molar refractivity (Wildman–Crippen MR) is 75.1 cm³/mol. The zero-order chi connectivity index (χ0) is 14.9. The van der Waals surface area contributed by atoms with Crippen molar-refractivity contribution in [3.05, 3.63) is 58.4 Å². The van der Waals surface area contributed by atoms with E-state index in [1.807, 2.05) is 13.0 Å². The van der Waals surface area contributed by atoms with Crippen molar-refractivity contribution >= 4 is 21.7 Å². The maximum absolute atomic E-state index is 13.1. The zero-order valence-corrected chi connectivity index (χ0v) is 12.4. The Labute approximate surface area is 122 Å². The Balaban J connectivity index is 2.40. The molecule has 0 saturated carbocycles. The lowest BCUT2D eigenvalue weighted by atomic mass is 10.1. The van der Waals surface area contributed by atoms with Gasteiger partial charge in [0, 0.05) is 0 Å². The average Bonchev–Trinajstić information content (AvgIpc) is 2.36. The van der Waals surface area contributed by atoms with Crippen LogP contribution in [0.15, 0.2) is 41.3 Å². The van der Waals surface area contributed by atoms with E-state index in [9.17, 15) is 12.8 Å². The van der Waals surface area contributed by atoms with Gasteiger partial charge in [0.2, 0.25) is 0 Å². The van der Waals surface area contributed by atoms with Gasteiger partial charge >= 0.3 is 10.1 Å². The third kappa shape index (κ3) is 3.11. The third-order valence-electron chi connectivity index (χ3n) is 2.72. The highest BCUT2D eigenvalue weighted by Crippen LogP contribution is 2.25. The maximum atomic E-state index is 13.1.